The van der Waals surface area contributed by atoms with Crippen LogP contribution < -0.4 is 10.2 Å². The van der Waals surface area contributed by atoms with Crippen LogP contribution >= 0.6 is 11.8 Å². The summed E-state index contributed by atoms with van der Waals surface area (Å²) in [6.45, 7) is 1.58. The standard InChI is InChI=1S/C17H23N3O3S/c21-16(12-24-11-14-4-1-2-9-23-14)19-15-7-6-13(10-18-15)20-8-3-5-17(20)22/h6-7,10,14H,1-5,8-9,11-12H2,(H,18,19,21)/t14-/m0/s1. The Kier molecular flexibility index (Phi) is 6.09. The van der Waals surface area contributed by atoms with Crippen molar-refractivity contribution >= 4 is 35.1 Å². The lowest BCUT2D eigenvalue weighted by molar-refractivity contribution is -0.117. The van der Waals surface area contributed by atoms with E-state index in [-0.39, 0.29) is 17.9 Å². The molecule has 1 atom stereocenters. The van der Waals surface area contributed by atoms with E-state index in [1.165, 1.54) is 6.42 Å². The van der Waals surface area contributed by atoms with E-state index in [1.54, 1.807) is 28.9 Å². The van der Waals surface area contributed by atoms with E-state index < -0.39 is 0 Å². The number of nitrogens with one attached hydrogen (secondary N) is 1. The van der Waals surface area contributed by atoms with Crippen LogP contribution in [0.3, 0.4) is 0 Å². The molecule has 0 saturated carbocycles. The Morgan fingerprint density at radius 1 is 1.38 bits per heavy atom. The van der Waals surface area contributed by atoms with Crippen LogP contribution in [0.25, 0.3) is 0 Å². The number of hydrogen-bond acceptors (Lipinski definition) is 5. The molecule has 1 aromatic heterocycles. The number of anilines is 2. The van der Waals surface area contributed by atoms with Gasteiger partial charge in [0.1, 0.15) is 5.82 Å². The molecule has 2 saturated heterocycles. The van der Waals surface area contributed by atoms with Gasteiger partial charge in [0.25, 0.3) is 0 Å². The van der Waals surface area contributed by atoms with Gasteiger partial charge in [-0.25, -0.2) is 4.98 Å². The Balaban J connectivity index is 1.41. The molecule has 2 aliphatic rings. The summed E-state index contributed by atoms with van der Waals surface area (Å²) in [5.74, 6) is 1.85. The predicted octanol–water partition coefficient (Wildman–Crippen LogP) is 2.45. The van der Waals surface area contributed by atoms with E-state index in [4.69, 9.17) is 4.74 Å². The predicted molar refractivity (Wildman–Crippen MR) is 95.4 cm³/mol. The molecular weight excluding hydrogens is 326 g/mol. The van der Waals surface area contributed by atoms with Crippen molar-refractivity contribution in [3.05, 3.63) is 18.3 Å². The van der Waals surface area contributed by atoms with Crippen LogP contribution in [0.5, 0.6) is 0 Å². The summed E-state index contributed by atoms with van der Waals surface area (Å²) in [7, 11) is 0. The largest absolute Gasteiger partial charge is 0.377 e. The molecule has 3 rings (SSSR count). The minimum absolute atomic E-state index is 0.0618. The van der Waals surface area contributed by atoms with Crippen molar-refractivity contribution < 1.29 is 14.3 Å². The Labute approximate surface area is 146 Å². The van der Waals surface area contributed by atoms with Crippen LogP contribution in [0, 0.1) is 0 Å². The summed E-state index contributed by atoms with van der Waals surface area (Å²) in [4.78, 5) is 29.6. The second-order valence-electron chi connectivity index (χ2n) is 6.10. The molecule has 0 aliphatic carbocycles. The SMILES string of the molecule is O=C(CSC[C@@H]1CCCCO1)Nc1ccc(N2CCCC2=O)cn1. The average molecular weight is 349 g/mol. The van der Waals surface area contributed by atoms with Gasteiger partial charge in [0, 0.05) is 25.3 Å². The van der Waals surface area contributed by atoms with E-state index in [2.05, 4.69) is 10.3 Å². The first-order valence-corrected chi connectivity index (χ1v) is 9.63. The van der Waals surface area contributed by atoms with Crippen LogP contribution in [-0.2, 0) is 14.3 Å². The van der Waals surface area contributed by atoms with Gasteiger partial charge in [-0.1, -0.05) is 0 Å². The Bertz CT molecular complexity index is 573. The van der Waals surface area contributed by atoms with Crippen molar-refractivity contribution in [2.45, 2.75) is 38.2 Å². The van der Waals surface area contributed by atoms with E-state index >= 15 is 0 Å². The fourth-order valence-electron chi connectivity index (χ4n) is 2.94. The molecule has 2 fully saturated rings. The molecule has 1 N–H and O–H groups in total. The second-order valence-corrected chi connectivity index (χ2v) is 7.13. The lowest BCUT2D eigenvalue weighted by Gasteiger charge is -2.21. The number of amides is 2. The summed E-state index contributed by atoms with van der Waals surface area (Å²) >= 11 is 1.59. The molecule has 0 aromatic carbocycles. The molecule has 0 unspecified atom stereocenters. The summed E-state index contributed by atoms with van der Waals surface area (Å²) < 4.78 is 5.65. The number of ether oxygens (including phenoxy) is 1. The van der Waals surface area contributed by atoms with Gasteiger partial charge >= 0.3 is 0 Å². The number of rotatable bonds is 6. The number of carbonyl (C=O) groups is 2. The quantitative estimate of drug-likeness (QED) is 0.854. The summed E-state index contributed by atoms with van der Waals surface area (Å²) in [5.41, 5.74) is 0.791. The molecule has 7 heteroatoms. The summed E-state index contributed by atoms with van der Waals surface area (Å²) in [6, 6.07) is 3.57. The molecule has 130 valence electrons. The van der Waals surface area contributed by atoms with Gasteiger partial charge in [-0.15, -0.1) is 11.8 Å². The topological polar surface area (TPSA) is 71.5 Å². The zero-order valence-corrected chi connectivity index (χ0v) is 14.5. The summed E-state index contributed by atoms with van der Waals surface area (Å²) in [6.07, 6.45) is 6.86. The monoisotopic (exact) mass is 349 g/mol. The number of aromatic nitrogens is 1. The lowest BCUT2D eigenvalue weighted by Crippen LogP contribution is -2.24. The second kappa shape index (κ2) is 8.48. The number of hydrogen-bond donors (Lipinski definition) is 1. The van der Waals surface area contributed by atoms with Gasteiger partial charge in [-0.3, -0.25) is 9.59 Å². The van der Waals surface area contributed by atoms with Gasteiger partial charge < -0.3 is 15.0 Å². The third-order valence-corrected chi connectivity index (χ3v) is 5.29. The molecule has 2 amide bonds. The third-order valence-electron chi connectivity index (χ3n) is 4.21. The van der Waals surface area contributed by atoms with Gasteiger partial charge in [-0.2, -0.15) is 0 Å². The highest BCUT2D eigenvalue weighted by atomic mass is 32.2. The first-order valence-electron chi connectivity index (χ1n) is 8.48. The van der Waals surface area contributed by atoms with Crippen molar-refractivity contribution in [2.24, 2.45) is 0 Å². The molecule has 24 heavy (non-hydrogen) atoms. The minimum atomic E-state index is -0.0618. The fraction of sp³-hybridized carbons (Fsp3) is 0.588. The van der Waals surface area contributed by atoms with Crippen molar-refractivity contribution in [1.29, 1.82) is 0 Å². The van der Waals surface area contributed by atoms with E-state index in [1.807, 2.05) is 6.07 Å². The van der Waals surface area contributed by atoms with Gasteiger partial charge in [0.15, 0.2) is 0 Å². The zero-order valence-electron chi connectivity index (χ0n) is 13.7. The maximum absolute atomic E-state index is 12.0. The number of thioether (sulfide) groups is 1. The van der Waals surface area contributed by atoms with E-state index in [9.17, 15) is 9.59 Å². The van der Waals surface area contributed by atoms with Crippen molar-refractivity contribution in [1.82, 2.24) is 4.98 Å². The van der Waals surface area contributed by atoms with Crippen molar-refractivity contribution in [2.75, 3.05) is 34.9 Å². The normalized spacial score (nSPS) is 21.1. The Morgan fingerprint density at radius 2 is 2.29 bits per heavy atom. The molecule has 0 spiro atoms. The molecule has 1 aromatic rings. The Hall–Kier alpha value is -1.60. The fourth-order valence-corrected chi connectivity index (χ4v) is 3.84. The summed E-state index contributed by atoms with van der Waals surface area (Å²) in [5, 5.41) is 2.79. The Morgan fingerprint density at radius 3 is 2.96 bits per heavy atom. The molecule has 2 aliphatic heterocycles. The molecule has 0 bridgehead atoms. The highest BCUT2D eigenvalue weighted by molar-refractivity contribution is 8.00. The molecule has 0 radical (unpaired) electrons. The zero-order chi connectivity index (χ0) is 16.8. The van der Waals surface area contributed by atoms with Gasteiger partial charge in [0.05, 0.1) is 23.7 Å². The van der Waals surface area contributed by atoms with Crippen LogP contribution in [0.1, 0.15) is 32.1 Å². The maximum atomic E-state index is 12.0. The van der Waals surface area contributed by atoms with Crippen molar-refractivity contribution in [3.8, 4) is 0 Å². The smallest absolute Gasteiger partial charge is 0.235 e. The first kappa shape index (κ1) is 17.2. The number of carbonyl (C=O) groups excluding carboxylic acids is 2. The maximum Gasteiger partial charge on any atom is 0.235 e. The van der Waals surface area contributed by atoms with Crippen LogP contribution in [0.4, 0.5) is 11.5 Å². The number of pyridine rings is 1. The molecule has 3 heterocycles. The average Bonchev–Trinajstić information content (AvgIpc) is 3.03. The van der Waals surface area contributed by atoms with Crippen molar-refractivity contribution in [3.63, 3.8) is 0 Å². The van der Waals surface area contributed by atoms with Crippen LogP contribution in [0.2, 0.25) is 0 Å². The highest BCUT2D eigenvalue weighted by Gasteiger charge is 2.21. The molecule has 6 nitrogen and oxygen atoms in total. The highest BCUT2D eigenvalue weighted by Crippen LogP contribution is 2.21. The van der Waals surface area contributed by atoms with E-state index in [0.717, 1.165) is 43.9 Å². The minimum Gasteiger partial charge on any atom is -0.377 e. The third kappa shape index (κ3) is 4.70. The van der Waals surface area contributed by atoms with E-state index in [0.29, 0.717) is 18.0 Å². The number of nitrogens with zero attached hydrogens (tertiary/aromatic N) is 2. The van der Waals surface area contributed by atoms with Gasteiger partial charge in [-0.05, 0) is 37.8 Å². The molecular formula is C17H23N3O3S. The van der Waals surface area contributed by atoms with Crippen LogP contribution in [-0.4, -0.2) is 47.6 Å². The first-order chi connectivity index (χ1) is 11.7. The lowest BCUT2D eigenvalue weighted by atomic mass is 10.1. The van der Waals surface area contributed by atoms with Gasteiger partial charge in [0.2, 0.25) is 11.8 Å². The van der Waals surface area contributed by atoms with Crippen LogP contribution in [0.15, 0.2) is 18.3 Å².